The van der Waals surface area contributed by atoms with E-state index >= 15 is 0 Å². The van der Waals surface area contributed by atoms with Gasteiger partial charge in [0.15, 0.2) is 0 Å². The van der Waals surface area contributed by atoms with E-state index in [1.54, 1.807) is 6.92 Å². The minimum absolute atomic E-state index is 0.243. The number of carbonyl (C=O) groups is 1. The van der Waals surface area contributed by atoms with Crippen LogP contribution in [0.3, 0.4) is 0 Å². The number of hydrogen-bond donors (Lipinski definition) is 0. The summed E-state index contributed by atoms with van der Waals surface area (Å²) >= 11 is 0.759. The Morgan fingerprint density at radius 1 is 1.31 bits per heavy atom. The van der Waals surface area contributed by atoms with Crippen LogP contribution in [0.4, 0.5) is 18.0 Å². The van der Waals surface area contributed by atoms with Crippen molar-refractivity contribution < 1.29 is 22.7 Å². The summed E-state index contributed by atoms with van der Waals surface area (Å²) in [4.78, 5) is 11.4. The van der Waals surface area contributed by atoms with Gasteiger partial charge in [-0.05, 0) is 43.0 Å². The highest BCUT2D eigenvalue weighted by Crippen LogP contribution is 2.30. The quantitative estimate of drug-likeness (QED) is 0.587. The van der Waals surface area contributed by atoms with Gasteiger partial charge in [0.2, 0.25) is 0 Å². The van der Waals surface area contributed by atoms with Crippen LogP contribution in [-0.4, -0.2) is 11.9 Å². The van der Waals surface area contributed by atoms with Crippen LogP contribution in [0.1, 0.15) is 12.5 Å². The molecular formula is C10H9F3O2S. The standard InChI is InChI=1S/C10H9F3O2S/c1-2-15-9(14)16-8-5-3-7(4-6-8)10(11,12)13/h3-6H,2H2,1H3. The molecule has 1 aromatic carbocycles. The van der Waals surface area contributed by atoms with Gasteiger partial charge in [-0.3, -0.25) is 0 Å². The van der Waals surface area contributed by atoms with Crippen molar-refractivity contribution in [1.29, 1.82) is 0 Å². The molecule has 0 amide bonds. The Hall–Kier alpha value is -1.17. The van der Waals surface area contributed by atoms with E-state index in [1.165, 1.54) is 12.1 Å². The third-order valence-corrected chi connectivity index (χ3v) is 2.44. The smallest absolute Gasteiger partial charge is 0.416 e. The summed E-state index contributed by atoms with van der Waals surface area (Å²) in [6, 6.07) is 4.35. The molecule has 0 aliphatic heterocycles. The number of alkyl halides is 3. The summed E-state index contributed by atoms with van der Waals surface area (Å²) in [6.45, 7) is 1.90. The van der Waals surface area contributed by atoms with Gasteiger partial charge in [0.05, 0.1) is 12.2 Å². The molecule has 2 nitrogen and oxygen atoms in total. The van der Waals surface area contributed by atoms with Crippen molar-refractivity contribution in [3.05, 3.63) is 29.8 Å². The normalized spacial score (nSPS) is 11.2. The first-order valence-corrected chi connectivity index (χ1v) is 5.27. The van der Waals surface area contributed by atoms with Crippen LogP contribution in [-0.2, 0) is 10.9 Å². The molecule has 0 fully saturated rings. The average molecular weight is 250 g/mol. The molecule has 0 spiro atoms. The highest BCUT2D eigenvalue weighted by molar-refractivity contribution is 8.13. The molecule has 0 unspecified atom stereocenters. The van der Waals surface area contributed by atoms with E-state index in [0.29, 0.717) is 4.90 Å². The Morgan fingerprint density at radius 3 is 2.31 bits per heavy atom. The van der Waals surface area contributed by atoms with E-state index in [2.05, 4.69) is 4.74 Å². The molecule has 0 saturated heterocycles. The van der Waals surface area contributed by atoms with Crippen molar-refractivity contribution in [3.63, 3.8) is 0 Å². The number of benzene rings is 1. The number of hydrogen-bond acceptors (Lipinski definition) is 3. The van der Waals surface area contributed by atoms with Crippen molar-refractivity contribution in [2.45, 2.75) is 18.0 Å². The third kappa shape index (κ3) is 3.77. The summed E-state index contributed by atoms with van der Waals surface area (Å²) < 4.78 is 41.3. The second-order valence-corrected chi connectivity index (χ2v) is 3.82. The molecule has 0 radical (unpaired) electrons. The van der Waals surface area contributed by atoms with Gasteiger partial charge in [-0.1, -0.05) is 0 Å². The van der Waals surface area contributed by atoms with Crippen LogP contribution in [0.25, 0.3) is 0 Å². The van der Waals surface area contributed by atoms with E-state index in [9.17, 15) is 18.0 Å². The Kier molecular flexibility index (Phi) is 4.23. The lowest BCUT2D eigenvalue weighted by Crippen LogP contribution is -2.04. The van der Waals surface area contributed by atoms with E-state index in [4.69, 9.17) is 0 Å². The molecular weight excluding hydrogens is 241 g/mol. The molecule has 6 heteroatoms. The van der Waals surface area contributed by atoms with E-state index in [0.717, 1.165) is 23.9 Å². The molecule has 0 aromatic heterocycles. The van der Waals surface area contributed by atoms with Crippen LogP contribution >= 0.6 is 11.8 Å². The molecule has 0 bridgehead atoms. The third-order valence-electron chi connectivity index (χ3n) is 1.65. The first-order valence-electron chi connectivity index (χ1n) is 4.45. The van der Waals surface area contributed by atoms with E-state index in [-0.39, 0.29) is 6.61 Å². The van der Waals surface area contributed by atoms with Crippen molar-refractivity contribution in [2.24, 2.45) is 0 Å². The van der Waals surface area contributed by atoms with Gasteiger partial charge in [-0.2, -0.15) is 13.2 Å². The summed E-state index contributed by atoms with van der Waals surface area (Å²) in [5.41, 5.74) is -0.735. The fraction of sp³-hybridized carbons (Fsp3) is 0.300. The zero-order valence-corrected chi connectivity index (χ0v) is 9.19. The molecule has 88 valence electrons. The summed E-state index contributed by atoms with van der Waals surface area (Å²) in [7, 11) is 0. The van der Waals surface area contributed by atoms with Gasteiger partial charge in [0.25, 0.3) is 0 Å². The molecule has 1 rings (SSSR count). The van der Waals surface area contributed by atoms with Gasteiger partial charge in [-0.25, -0.2) is 4.79 Å². The molecule has 16 heavy (non-hydrogen) atoms. The minimum atomic E-state index is -4.35. The van der Waals surface area contributed by atoms with E-state index < -0.39 is 17.0 Å². The van der Waals surface area contributed by atoms with Gasteiger partial charge in [-0.15, -0.1) is 0 Å². The van der Waals surface area contributed by atoms with Gasteiger partial charge in [0, 0.05) is 4.90 Å². The molecule has 0 aliphatic carbocycles. The predicted molar refractivity (Wildman–Crippen MR) is 54.3 cm³/mol. The van der Waals surface area contributed by atoms with Gasteiger partial charge >= 0.3 is 11.5 Å². The second kappa shape index (κ2) is 5.25. The largest absolute Gasteiger partial charge is 0.458 e. The fourth-order valence-electron chi connectivity index (χ4n) is 0.955. The number of halogens is 3. The zero-order chi connectivity index (χ0) is 12.2. The Labute approximate surface area is 94.8 Å². The number of rotatable bonds is 2. The summed E-state index contributed by atoms with van der Waals surface area (Å²) in [6.07, 6.45) is -4.35. The highest BCUT2D eigenvalue weighted by atomic mass is 32.2. The maximum atomic E-state index is 12.2. The predicted octanol–water partition coefficient (Wildman–Crippen LogP) is 3.95. The Balaban J connectivity index is 2.69. The summed E-state index contributed by atoms with van der Waals surface area (Å²) in [5, 5.41) is -0.526. The molecule has 0 heterocycles. The SMILES string of the molecule is CCOC(=O)Sc1ccc(C(F)(F)F)cc1. The molecule has 0 saturated carbocycles. The molecule has 0 aliphatic rings. The van der Waals surface area contributed by atoms with Crippen LogP contribution in [0.15, 0.2) is 29.2 Å². The van der Waals surface area contributed by atoms with Gasteiger partial charge in [0.1, 0.15) is 0 Å². The monoisotopic (exact) mass is 250 g/mol. The minimum Gasteiger partial charge on any atom is -0.458 e. The van der Waals surface area contributed by atoms with Crippen LogP contribution in [0, 0.1) is 0 Å². The maximum Gasteiger partial charge on any atom is 0.416 e. The average Bonchev–Trinajstić information content (AvgIpc) is 2.17. The number of carbonyl (C=O) groups excluding carboxylic acids is 1. The van der Waals surface area contributed by atoms with E-state index in [1.807, 2.05) is 0 Å². The van der Waals surface area contributed by atoms with Crippen LogP contribution < -0.4 is 0 Å². The van der Waals surface area contributed by atoms with Gasteiger partial charge < -0.3 is 4.74 Å². The van der Waals surface area contributed by atoms with Crippen molar-refractivity contribution in [1.82, 2.24) is 0 Å². The van der Waals surface area contributed by atoms with Crippen LogP contribution in [0.2, 0.25) is 0 Å². The Morgan fingerprint density at radius 2 is 1.88 bits per heavy atom. The lowest BCUT2D eigenvalue weighted by molar-refractivity contribution is -0.137. The second-order valence-electron chi connectivity index (χ2n) is 2.81. The first kappa shape index (κ1) is 12.9. The summed E-state index contributed by atoms with van der Waals surface area (Å²) in [5.74, 6) is 0. The van der Waals surface area contributed by atoms with Crippen molar-refractivity contribution >= 4 is 17.1 Å². The lowest BCUT2D eigenvalue weighted by Gasteiger charge is -2.06. The van der Waals surface area contributed by atoms with Crippen LogP contribution in [0.5, 0.6) is 0 Å². The zero-order valence-electron chi connectivity index (χ0n) is 8.38. The number of ether oxygens (including phenoxy) is 1. The number of thioether (sulfide) groups is 1. The first-order chi connectivity index (χ1) is 7.43. The van der Waals surface area contributed by atoms with Crippen molar-refractivity contribution in [3.8, 4) is 0 Å². The lowest BCUT2D eigenvalue weighted by atomic mass is 10.2. The molecule has 0 N–H and O–H groups in total. The fourth-order valence-corrected chi connectivity index (χ4v) is 1.60. The highest BCUT2D eigenvalue weighted by Gasteiger charge is 2.30. The Bertz CT molecular complexity index is 359. The molecule has 0 atom stereocenters. The van der Waals surface area contributed by atoms with Crippen molar-refractivity contribution in [2.75, 3.05) is 6.61 Å². The topological polar surface area (TPSA) is 26.3 Å². The maximum absolute atomic E-state index is 12.2. The molecule has 1 aromatic rings.